The number of benzene rings is 13. The number of allylic oxidation sites excluding steroid dienone is 2. The van der Waals surface area contributed by atoms with Crippen LogP contribution in [0.25, 0.3) is 170 Å². The zero-order chi connectivity index (χ0) is 85.1. The maximum Gasteiger partial charge on any atom is 0.155 e. The molecule has 0 atom stereocenters. The van der Waals surface area contributed by atoms with Crippen molar-refractivity contribution < 1.29 is 110 Å². The number of aliphatic hydroxyl groups excluding tert-OH is 1. The largest absolute Gasteiger partial charge is 0.512 e. The third kappa shape index (κ3) is 20.4. The van der Waals surface area contributed by atoms with Gasteiger partial charge in [-0.3, -0.25) is 29.7 Å². The number of pyridine rings is 5. The smallest absolute Gasteiger partial charge is 0.155 e. The second-order valence-electron chi connectivity index (χ2n) is 33.2. The fourth-order valence-electron chi connectivity index (χ4n) is 18.1. The van der Waals surface area contributed by atoms with Crippen LogP contribution in [0.1, 0.15) is 122 Å². The minimum absolute atomic E-state index is 0. The van der Waals surface area contributed by atoms with Gasteiger partial charge in [-0.1, -0.05) is 224 Å². The quantitative estimate of drug-likeness (QED) is 0.0788. The molecule has 687 valence electrons. The number of carbonyl (C=O) groups excluding carboxylic acids is 1. The van der Waals surface area contributed by atoms with Gasteiger partial charge < -0.3 is 27.1 Å². The Labute approximate surface area is 848 Å². The molecule has 23 aromatic rings. The first kappa shape index (κ1) is 107. The summed E-state index contributed by atoms with van der Waals surface area (Å²) < 4.78 is 11.2. The van der Waals surface area contributed by atoms with Crippen molar-refractivity contribution in [3.63, 3.8) is 0 Å². The zero-order valence-electron chi connectivity index (χ0n) is 73.0. The molecular weight excluding hydrogens is 2530 g/mol. The predicted octanol–water partition coefficient (Wildman–Crippen LogP) is 30.5. The Morgan fingerprint density at radius 2 is 0.647 bits per heavy atom. The van der Waals surface area contributed by atoms with Crippen molar-refractivity contribution in [2.45, 2.75) is 134 Å². The van der Waals surface area contributed by atoms with Gasteiger partial charge in [0, 0.05) is 194 Å². The molecular formula is C116H111Ir5N10O2-5. The van der Waals surface area contributed by atoms with Crippen LogP contribution in [0, 0.1) is 91.1 Å². The molecule has 0 aliphatic rings. The molecule has 0 fully saturated rings. The molecule has 5 radical (unpaired) electrons. The van der Waals surface area contributed by atoms with E-state index >= 15 is 0 Å². The van der Waals surface area contributed by atoms with Crippen LogP contribution in [0.2, 0.25) is 0 Å². The standard InChI is InChI=1S/C28H27N2.C24H19N2.C23H17N2.C16H11N2.C15H9N2.C5H8O2.5CH4.5Ir/c1-18-9-8-10-19(2)26(18)25-17-29-27-22-12-7-6-11-21(22)23-15-20(16-28(3,4)5)13-14-24(23)30(25)27;1-15-11-12-21-20(13-15)18-9-4-5-10-19(18)24-25-14-22(26(21)24)23-16(2)7-6-8-17(23)3;1-15-8-7-9-16(2)22(15)21-14-24-23-19-12-4-3-10-17(19)18-11-5-6-13-20(18)25(21)23;1-11-10-17-16-14-8-3-2-6-12(14)13-7-4-5-9-15(13)18(11)16;1-2-7-13-11(5-1)12-6-3-4-8-14(12)17-10-9-16-15(13)17;1-4(6)3-5(2)7;;;;;;;;;;/h6-11,13-15,17H,16H2,1-5H3;4-9,11-14H,1-3H3;3-11,13-14H,1-2H3;2-7,9-10H,1H3;1-6,8-10H;3,6H,1-2H3;5*1H4;;;;;/q5*-1;;;;;;;;;;;. The third-order valence-corrected chi connectivity index (χ3v) is 23.2. The van der Waals surface area contributed by atoms with Crippen molar-refractivity contribution >= 4 is 142 Å². The number of ketones is 1. The van der Waals surface area contributed by atoms with Gasteiger partial charge in [0.2, 0.25) is 0 Å². The second-order valence-corrected chi connectivity index (χ2v) is 33.2. The second kappa shape index (κ2) is 44.9. The molecule has 12 nitrogen and oxygen atoms in total. The number of nitrogens with zero attached hydrogens (tertiary/aromatic N) is 10. The minimum atomic E-state index is -0.125. The van der Waals surface area contributed by atoms with E-state index in [2.05, 4.69) is 345 Å². The summed E-state index contributed by atoms with van der Waals surface area (Å²) in [6.07, 6.45) is 14.0. The maximum atomic E-state index is 10.0. The first-order chi connectivity index (χ1) is 59.7. The van der Waals surface area contributed by atoms with Crippen LogP contribution in [0.3, 0.4) is 0 Å². The number of rotatable bonds is 5. The van der Waals surface area contributed by atoms with Crippen molar-refractivity contribution in [3.8, 4) is 33.8 Å². The van der Waals surface area contributed by atoms with E-state index in [4.69, 9.17) is 20.1 Å². The topological polar surface area (TPSA) is 124 Å². The SMILES string of the molecule is C.C.C.C.C.CC(=O)C=C(C)O.Cc1ccc2c(c1)c1ccc[c-]c1c1ncc(-c3c(C)cccc3C)n21.Cc1cccc(C)c1-c1cnc2c3[c-]cccc3c3cc(CC(C)(C)C)ccc3n12.Cc1cccc(C)c1-c1cnc2c3[c-]cccc3c3ccccc3n12.Cc1cnc2c3[c-]cccc3c3ccccc3n12.[Ir].[Ir].[Ir].[Ir].[Ir].[c-]1cccc2c1c1nccn1c1ccccc21. The Hall–Kier alpha value is -11.6. The van der Waals surface area contributed by atoms with Crippen LogP contribution < -0.4 is 0 Å². The predicted molar refractivity (Wildman–Crippen MR) is 543 cm³/mol. The Bertz CT molecular complexity index is 8040. The third-order valence-electron chi connectivity index (χ3n) is 23.2. The number of carbonyl (C=O) groups is 1. The fourth-order valence-corrected chi connectivity index (χ4v) is 18.1. The number of fused-ring (bicyclic) bond motifs is 30. The molecule has 0 bridgehead atoms. The van der Waals surface area contributed by atoms with E-state index in [0.29, 0.717) is 0 Å². The van der Waals surface area contributed by atoms with Gasteiger partial charge in [0.1, 0.15) is 0 Å². The molecule has 10 aromatic heterocycles. The average molecular weight is 2640 g/mol. The van der Waals surface area contributed by atoms with Gasteiger partial charge in [0.25, 0.3) is 0 Å². The van der Waals surface area contributed by atoms with Gasteiger partial charge in [-0.15, -0.1) is 148 Å². The number of aromatic nitrogens is 10. The molecule has 0 unspecified atom stereocenters. The Balaban J connectivity index is 0.000000199. The van der Waals surface area contributed by atoms with Crippen molar-refractivity contribution in [3.05, 3.63) is 384 Å². The number of imidazole rings is 5. The van der Waals surface area contributed by atoms with Crippen molar-refractivity contribution in [1.82, 2.24) is 46.9 Å². The molecule has 23 rings (SSSR count). The molecule has 0 amide bonds. The number of aliphatic hydroxyl groups is 1. The first-order valence-electron chi connectivity index (χ1n) is 41.7. The van der Waals surface area contributed by atoms with Crippen LogP contribution in [0.4, 0.5) is 0 Å². The summed E-state index contributed by atoms with van der Waals surface area (Å²) in [6.45, 7) is 27.0. The van der Waals surface area contributed by atoms with E-state index in [1.54, 1.807) is 0 Å². The van der Waals surface area contributed by atoms with Crippen molar-refractivity contribution in [1.29, 1.82) is 0 Å². The summed E-state index contributed by atoms with van der Waals surface area (Å²) in [7, 11) is 0. The summed E-state index contributed by atoms with van der Waals surface area (Å²) in [5.41, 5.74) is 29.7. The average Bonchev–Trinajstić information content (AvgIpc) is 1.65. The Kier molecular flexibility index (Phi) is 36.1. The molecule has 0 aliphatic carbocycles. The van der Waals surface area contributed by atoms with Crippen LogP contribution >= 0.6 is 0 Å². The number of hydrogen-bond acceptors (Lipinski definition) is 7. The van der Waals surface area contributed by atoms with Crippen molar-refractivity contribution in [2.24, 2.45) is 5.41 Å². The van der Waals surface area contributed by atoms with E-state index in [0.717, 1.165) is 84.4 Å². The molecule has 10 heterocycles. The van der Waals surface area contributed by atoms with Gasteiger partial charge in [0.05, 0.1) is 51.1 Å². The number of para-hydroxylation sites is 3. The molecule has 0 aliphatic heterocycles. The summed E-state index contributed by atoms with van der Waals surface area (Å²) in [5, 5.41) is 26.0. The number of hydrogen-bond donors (Lipinski definition) is 1. The van der Waals surface area contributed by atoms with Crippen molar-refractivity contribution in [2.75, 3.05) is 0 Å². The van der Waals surface area contributed by atoms with E-state index in [1.807, 2.05) is 85.7 Å². The molecule has 13 aromatic carbocycles. The summed E-state index contributed by atoms with van der Waals surface area (Å²) in [5.74, 6) is -0.0625. The molecule has 0 saturated heterocycles. The van der Waals surface area contributed by atoms with E-state index in [9.17, 15) is 4.79 Å². The summed E-state index contributed by atoms with van der Waals surface area (Å²) in [4.78, 5) is 33.4. The van der Waals surface area contributed by atoms with Gasteiger partial charge in [0.15, 0.2) is 5.78 Å². The monoisotopic (exact) mass is 2640 g/mol. The molecule has 17 heteroatoms. The van der Waals surface area contributed by atoms with E-state index < -0.39 is 0 Å². The van der Waals surface area contributed by atoms with Gasteiger partial charge in [-0.25, -0.2) is 0 Å². The summed E-state index contributed by atoms with van der Waals surface area (Å²) >= 11 is 0. The van der Waals surface area contributed by atoms with Crippen LogP contribution in [0.15, 0.2) is 304 Å². The van der Waals surface area contributed by atoms with Crippen LogP contribution in [-0.4, -0.2) is 57.8 Å². The van der Waals surface area contributed by atoms with Gasteiger partial charge in [-0.05, 0) is 177 Å². The Morgan fingerprint density at radius 3 is 1.02 bits per heavy atom. The fraction of sp³-hybridized carbons (Fsp3) is 0.172. The zero-order valence-corrected chi connectivity index (χ0v) is 85.0. The van der Waals surface area contributed by atoms with Gasteiger partial charge in [-0.2, -0.15) is 0 Å². The first-order valence-corrected chi connectivity index (χ1v) is 41.7. The summed E-state index contributed by atoms with van der Waals surface area (Å²) in [6, 6.07) is 106. The molecule has 133 heavy (non-hydrogen) atoms. The molecule has 0 saturated carbocycles. The maximum absolute atomic E-state index is 10.0. The van der Waals surface area contributed by atoms with Crippen LogP contribution in [0.5, 0.6) is 0 Å². The number of aryl methyl sites for hydroxylation is 8. The Morgan fingerprint density at radius 1 is 0.338 bits per heavy atom. The molecule has 0 spiro atoms. The molecule has 1 N–H and O–H groups in total. The van der Waals surface area contributed by atoms with Crippen LogP contribution in [-0.2, 0) is 112 Å². The normalized spacial score (nSPS) is 10.9. The van der Waals surface area contributed by atoms with E-state index in [-0.39, 0.29) is 155 Å². The van der Waals surface area contributed by atoms with Gasteiger partial charge >= 0.3 is 0 Å². The minimum Gasteiger partial charge on any atom is -0.512 e. The van der Waals surface area contributed by atoms with E-state index in [1.165, 1.54) is 163 Å².